The van der Waals surface area contributed by atoms with Gasteiger partial charge in [-0.3, -0.25) is 4.98 Å². The maximum absolute atomic E-state index is 6.95. The van der Waals surface area contributed by atoms with E-state index in [9.17, 15) is 0 Å². The van der Waals surface area contributed by atoms with Crippen molar-refractivity contribution in [3.63, 3.8) is 0 Å². The highest BCUT2D eigenvalue weighted by Crippen LogP contribution is 2.44. The van der Waals surface area contributed by atoms with E-state index in [1.54, 1.807) is 7.11 Å². The number of piperidine rings is 1. The predicted molar refractivity (Wildman–Crippen MR) is 162 cm³/mol. The van der Waals surface area contributed by atoms with Gasteiger partial charge in [0.15, 0.2) is 5.11 Å². The molecule has 0 aliphatic carbocycles. The van der Waals surface area contributed by atoms with Crippen LogP contribution in [0, 0.1) is 5.92 Å². The van der Waals surface area contributed by atoms with Crippen LogP contribution in [-0.4, -0.2) is 34.9 Å². The minimum atomic E-state index is -0.176. The first-order chi connectivity index (χ1) is 19.0. The number of nitrogens with zero attached hydrogens (tertiary/aromatic N) is 4. The second-order valence-electron chi connectivity index (χ2n) is 10.3. The molecule has 6 rings (SSSR count). The highest BCUT2D eigenvalue weighted by Gasteiger charge is 2.42. The van der Waals surface area contributed by atoms with Crippen LogP contribution in [0.1, 0.15) is 43.2 Å². The summed E-state index contributed by atoms with van der Waals surface area (Å²) in [6.07, 6.45) is 6.26. The van der Waals surface area contributed by atoms with Gasteiger partial charge in [-0.1, -0.05) is 36.7 Å². The molecule has 0 saturated carbocycles. The summed E-state index contributed by atoms with van der Waals surface area (Å²) in [6.45, 7) is 4.38. The largest absolute Gasteiger partial charge is 0.495 e. The Hall–Kier alpha value is -3.55. The topological polar surface area (TPSA) is 45.6 Å². The second kappa shape index (κ2) is 10.9. The van der Waals surface area contributed by atoms with Crippen LogP contribution in [0.25, 0.3) is 5.69 Å². The fourth-order valence-corrected chi connectivity index (χ4v) is 6.41. The minimum Gasteiger partial charge on any atom is -0.495 e. The molecule has 0 unspecified atom stereocenters. The molecule has 4 aromatic rings. The van der Waals surface area contributed by atoms with E-state index in [-0.39, 0.29) is 12.1 Å². The number of halogens is 1. The van der Waals surface area contributed by atoms with Gasteiger partial charge >= 0.3 is 0 Å². The molecule has 0 radical (unpaired) electrons. The van der Waals surface area contributed by atoms with E-state index < -0.39 is 0 Å². The third kappa shape index (κ3) is 4.85. The standard InChI is InChI=1S/C31H32ClN5OS/c1-21-14-18-35(19-15-21)25-13-12-22(20-23(25)32)37-30(29(34-31(37)39)24-8-5-6-16-33-24)27-10-7-17-36(27)26-9-3-4-11-28(26)38-2/h3-13,16-17,20-21,29-30H,14-15,18-19H2,1-2H3,(H,34,39)/t29-,30+/m1/s1. The fourth-order valence-electron chi connectivity index (χ4n) is 5.77. The molecule has 8 heteroatoms. The normalized spacial score (nSPS) is 19.8. The van der Waals surface area contributed by atoms with Crippen LogP contribution >= 0.6 is 23.8 Å². The molecule has 2 aliphatic rings. The van der Waals surface area contributed by atoms with Crippen LogP contribution in [-0.2, 0) is 0 Å². The van der Waals surface area contributed by atoms with Crippen molar-refractivity contribution in [3.05, 3.63) is 102 Å². The molecule has 2 aliphatic heterocycles. The van der Waals surface area contributed by atoms with Gasteiger partial charge < -0.3 is 24.4 Å². The van der Waals surface area contributed by atoms with Crippen LogP contribution < -0.4 is 19.9 Å². The van der Waals surface area contributed by atoms with Gasteiger partial charge in [0.2, 0.25) is 0 Å². The van der Waals surface area contributed by atoms with Crippen LogP contribution in [0.15, 0.2) is 85.2 Å². The summed E-state index contributed by atoms with van der Waals surface area (Å²) in [5.74, 6) is 1.56. The van der Waals surface area contributed by atoms with Crippen molar-refractivity contribution in [3.8, 4) is 11.4 Å². The van der Waals surface area contributed by atoms with Gasteiger partial charge in [0.05, 0.1) is 35.2 Å². The lowest BCUT2D eigenvalue weighted by atomic mass is 9.98. The first kappa shape index (κ1) is 25.7. The average Bonchev–Trinajstić information content (AvgIpc) is 3.58. The van der Waals surface area contributed by atoms with Gasteiger partial charge in [-0.15, -0.1) is 0 Å². The number of thiocarbonyl (C=S) groups is 1. The number of benzene rings is 2. The van der Waals surface area contributed by atoms with Crippen molar-refractivity contribution in [2.75, 3.05) is 30.0 Å². The molecule has 2 atom stereocenters. The number of para-hydroxylation sites is 2. The first-order valence-electron chi connectivity index (χ1n) is 13.4. The Balaban J connectivity index is 1.44. The van der Waals surface area contributed by atoms with Crippen LogP contribution in [0.3, 0.4) is 0 Å². The number of ether oxygens (including phenoxy) is 1. The smallest absolute Gasteiger partial charge is 0.174 e. The molecule has 2 aromatic heterocycles. The Morgan fingerprint density at radius 1 is 0.974 bits per heavy atom. The van der Waals surface area contributed by atoms with Crippen molar-refractivity contribution in [2.24, 2.45) is 5.92 Å². The van der Waals surface area contributed by atoms with Gasteiger partial charge in [0.25, 0.3) is 0 Å². The van der Waals surface area contributed by atoms with Gasteiger partial charge in [-0.2, -0.15) is 0 Å². The quantitative estimate of drug-likeness (QED) is 0.259. The Morgan fingerprint density at radius 3 is 2.51 bits per heavy atom. The highest BCUT2D eigenvalue weighted by molar-refractivity contribution is 7.80. The Labute approximate surface area is 240 Å². The molecule has 0 bridgehead atoms. The Morgan fingerprint density at radius 2 is 1.77 bits per heavy atom. The summed E-state index contributed by atoms with van der Waals surface area (Å²) < 4.78 is 7.89. The maximum atomic E-state index is 6.95. The van der Waals surface area contributed by atoms with Crippen LogP contribution in [0.4, 0.5) is 11.4 Å². The molecule has 1 N–H and O–H groups in total. The van der Waals surface area contributed by atoms with E-state index in [1.807, 2.05) is 48.7 Å². The molecule has 200 valence electrons. The van der Waals surface area contributed by atoms with Gasteiger partial charge in [-0.05, 0) is 85.6 Å². The summed E-state index contributed by atoms with van der Waals surface area (Å²) in [7, 11) is 1.70. The number of pyridine rings is 1. The number of hydrogen-bond acceptors (Lipinski definition) is 4. The zero-order valence-electron chi connectivity index (χ0n) is 22.1. The third-order valence-corrected chi connectivity index (χ3v) is 8.48. The van der Waals surface area contributed by atoms with Crippen LogP contribution in [0.5, 0.6) is 5.75 Å². The summed E-state index contributed by atoms with van der Waals surface area (Å²) in [6, 6.07) is 24.2. The number of rotatable bonds is 6. The van der Waals surface area contributed by atoms with E-state index in [0.717, 1.165) is 58.2 Å². The fraction of sp³-hybridized carbons (Fsp3) is 0.290. The summed E-state index contributed by atoms with van der Waals surface area (Å²) in [5, 5.41) is 4.94. The van der Waals surface area contributed by atoms with Crippen molar-refractivity contribution in [1.82, 2.24) is 14.9 Å². The van der Waals surface area contributed by atoms with E-state index in [2.05, 4.69) is 63.1 Å². The Bertz CT molecular complexity index is 1470. The lowest BCUT2D eigenvalue weighted by Crippen LogP contribution is -2.33. The molecule has 2 fully saturated rings. The van der Waals surface area contributed by atoms with Crippen molar-refractivity contribution in [1.29, 1.82) is 0 Å². The molecule has 6 nitrogen and oxygen atoms in total. The van der Waals surface area contributed by atoms with E-state index in [1.165, 1.54) is 12.8 Å². The molecule has 0 amide bonds. The predicted octanol–water partition coefficient (Wildman–Crippen LogP) is 6.95. The minimum absolute atomic E-state index is 0.163. The van der Waals surface area contributed by atoms with Gasteiger partial charge in [0.1, 0.15) is 11.8 Å². The zero-order valence-corrected chi connectivity index (χ0v) is 23.7. The first-order valence-corrected chi connectivity index (χ1v) is 14.2. The lowest BCUT2D eigenvalue weighted by Gasteiger charge is -2.33. The van der Waals surface area contributed by atoms with Crippen LogP contribution in [0.2, 0.25) is 5.02 Å². The van der Waals surface area contributed by atoms with Crippen molar-refractivity contribution >= 4 is 40.3 Å². The molecule has 2 aromatic carbocycles. The molecular weight excluding hydrogens is 526 g/mol. The van der Waals surface area contributed by atoms with E-state index in [0.29, 0.717) is 5.11 Å². The average molecular weight is 558 g/mol. The van der Waals surface area contributed by atoms with E-state index in [4.69, 9.17) is 33.5 Å². The van der Waals surface area contributed by atoms with E-state index >= 15 is 0 Å². The maximum Gasteiger partial charge on any atom is 0.174 e. The molecule has 4 heterocycles. The monoisotopic (exact) mass is 557 g/mol. The lowest BCUT2D eigenvalue weighted by molar-refractivity contribution is 0.412. The molecule has 0 spiro atoms. The second-order valence-corrected chi connectivity index (χ2v) is 11.1. The van der Waals surface area contributed by atoms with Crippen molar-refractivity contribution in [2.45, 2.75) is 31.8 Å². The molecule has 39 heavy (non-hydrogen) atoms. The summed E-state index contributed by atoms with van der Waals surface area (Å²) >= 11 is 12.9. The number of anilines is 2. The highest BCUT2D eigenvalue weighted by atomic mass is 35.5. The summed E-state index contributed by atoms with van der Waals surface area (Å²) in [4.78, 5) is 9.27. The zero-order chi connectivity index (χ0) is 26.9. The SMILES string of the molecule is COc1ccccc1-n1cccc1[C@H]1[C@@H](c2ccccn2)NC(=S)N1c1ccc(N2CCC(C)CC2)c(Cl)c1. The summed E-state index contributed by atoms with van der Waals surface area (Å²) in [5.41, 5.74) is 4.98. The van der Waals surface area contributed by atoms with Crippen molar-refractivity contribution < 1.29 is 4.74 Å². The molecular formula is C31H32ClN5OS. The van der Waals surface area contributed by atoms with Gasteiger partial charge in [-0.25, -0.2) is 0 Å². The van der Waals surface area contributed by atoms with Gasteiger partial charge in [0, 0.05) is 36.9 Å². The number of methoxy groups -OCH3 is 1. The Kier molecular flexibility index (Phi) is 7.19. The molecule has 2 saturated heterocycles. The number of aromatic nitrogens is 2. The number of hydrogen-bond donors (Lipinski definition) is 1. The third-order valence-electron chi connectivity index (χ3n) is 7.86. The number of nitrogens with one attached hydrogen (secondary N) is 1.